The molecule has 0 aliphatic rings. The van der Waals surface area contributed by atoms with Gasteiger partial charge >= 0.3 is 0 Å². The number of H-pyrrole nitrogens is 1. The first-order chi connectivity index (χ1) is 18.9. The predicted molar refractivity (Wildman–Crippen MR) is 153 cm³/mol. The van der Waals surface area contributed by atoms with Gasteiger partial charge in [0.25, 0.3) is 0 Å². The fourth-order valence-corrected chi connectivity index (χ4v) is 4.73. The number of nitrogens with zero attached hydrogens (tertiary/aromatic N) is 2. The maximum Gasteiger partial charge on any atom is 0.170 e. The van der Waals surface area contributed by atoms with Gasteiger partial charge in [0.15, 0.2) is 17.9 Å². The number of carbonyl (C=O) groups excluding carboxylic acids is 1. The molecule has 8 heteroatoms. The molecule has 0 fully saturated rings. The van der Waals surface area contributed by atoms with Crippen LogP contribution >= 0.6 is 0 Å². The van der Waals surface area contributed by atoms with Crippen molar-refractivity contribution >= 4 is 28.6 Å². The normalized spacial score (nSPS) is 11.9. The van der Waals surface area contributed by atoms with E-state index in [1.165, 1.54) is 0 Å². The SMILES string of the molecule is CCOc1cc(CC)cc(C(Nc2ccc3c(N)nccc3c2)c2ncc(-c3cc(C)ccc3C=O)[nH]2)c1F. The monoisotopic (exact) mass is 523 g/mol. The topological polar surface area (TPSA) is 106 Å². The Bertz CT molecular complexity index is 1660. The van der Waals surface area contributed by atoms with E-state index < -0.39 is 11.9 Å². The number of pyridine rings is 1. The zero-order valence-electron chi connectivity index (χ0n) is 22.1. The quantitative estimate of drug-likeness (QED) is 0.187. The first kappa shape index (κ1) is 25.9. The second kappa shape index (κ2) is 10.9. The van der Waals surface area contributed by atoms with Gasteiger partial charge in [0.2, 0.25) is 0 Å². The summed E-state index contributed by atoms with van der Waals surface area (Å²) in [4.78, 5) is 23.9. The van der Waals surface area contributed by atoms with Crippen LogP contribution in [-0.4, -0.2) is 27.8 Å². The summed E-state index contributed by atoms with van der Waals surface area (Å²) in [6.45, 7) is 6.14. The first-order valence-electron chi connectivity index (χ1n) is 12.9. The standard InChI is InChI=1S/C31H30FN5O2/c1-4-19-13-25(28(32)27(14-19)39-5-2)29(36-22-8-9-23-20(15-22)10-11-34-30(23)33)31-35-16-26(37-31)24-12-18(3)6-7-21(24)17-38/h6-17,29,36H,4-5H2,1-3H3,(H2,33,34)(H,35,37). The highest BCUT2D eigenvalue weighted by Crippen LogP contribution is 2.35. The van der Waals surface area contributed by atoms with Crippen LogP contribution in [0.1, 0.15) is 52.8 Å². The van der Waals surface area contributed by atoms with E-state index in [4.69, 9.17) is 10.5 Å². The summed E-state index contributed by atoms with van der Waals surface area (Å²) < 4.78 is 21.6. The summed E-state index contributed by atoms with van der Waals surface area (Å²) in [7, 11) is 0. The van der Waals surface area contributed by atoms with E-state index in [0.717, 1.165) is 39.4 Å². The van der Waals surface area contributed by atoms with Gasteiger partial charge in [0, 0.05) is 34.0 Å². The summed E-state index contributed by atoms with van der Waals surface area (Å²) in [5.41, 5.74) is 11.1. The molecule has 0 radical (unpaired) electrons. The molecule has 0 bridgehead atoms. The van der Waals surface area contributed by atoms with Gasteiger partial charge in [0.05, 0.1) is 18.5 Å². The van der Waals surface area contributed by atoms with E-state index in [-0.39, 0.29) is 5.75 Å². The molecule has 0 amide bonds. The van der Waals surface area contributed by atoms with E-state index in [0.29, 0.717) is 41.5 Å². The van der Waals surface area contributed by atoms with E-state index in [1.807, 2.05) is 63.2 Å². The number of aromatic nitrogens is 3. The van der Waals surface area contributed by atoms with Gasteiger partial charge in [-0.15, -0.1) is 0 Å². The molecule has 4 N–H and O–H groups in total. The fourth-order valence-electron chi connectivity index (χ4n) is 4.73. The second-order valence-corrected chi connectivity index (χ2v) is 9.38. The maximum absolute atomic E-state index is 15.9. The zero-order chi connectivity index (χ0) is 27.5. The van der Waals surface area contributed by atoms with Gasteiger partial charge < -0.3 is 20.8 Å². The predicted octanol–water partition coefficient (Wildman–Crippen LogP) is 6.63. The third kappa shape index (κ3) is 5.18. The van der Waals surface area contributed by atoms with Crippen molar-refractivity contribution in [3.63, 3.8) is 0 Å². The maximum atomic E-state index is 15.9. The Morgan fingerprint density at radius 2 is 1.95 bits per heavy atom. The number of rotatable bonds is 9. The molecule has 3 aromatic carbocycles. The Hall–Kier alpha value is -4.72. The number of fused-ring (bicyclic) bond motifs is 1. The Morgan fingerprint density at radius 3 is 2.72 bits per heavy atom. The average molecular weight is 524 g/mol. The molecule has 5 rings (SSSR count). The number of nitrogen functional groups attached to an aromatic ring is 1. The fraction of sp³-hybridized carbons (Fsp3) is 0.194. The van der Waals surface area contributed by atoms with Crippen LogP contribution in [0.4, 0.5) is 15.9 Å². The molecule has 7 nitrogen and oxygen atoms in total. The first-order valence-corrected chi connectivity index (χ1v) is 12.9. The number of aromatic amines is 1. The number of benzene rings is 3. The molecule has 0 aliphatic heterocycles. The van der Waals surface area contributed by atoms with Crippen molar-refractivity contribution in [2.75, 3.05) is 17.7 Å². The third-order valence-electron chi connectivity index (χ3n) is 6.75. The lowest BCUT2D eigenvalue weighted by Gasteiger charge is -2.22. The number of hydrogen-bond acceptors (Lipinski definition) is 6. The molecule has 0 aliphatic carbocycles. The van der Waals surface area contributed by atoms with Crippen molar-refractivity contribution in [1.29, 1.82) is 0 Å². The Kier molecular flexibility index (Phi) is 7.27. The number of carbonyl (C=O) groups is 1. The number of hydrogen-bond donors (Lipinski definition) is 3. The number of aryl methyl sites for hydroxylation is 2. The number of nitrogens with two attached hydrogens (primary N) is 1. The number of halogens is 1. The number of imidazole rings is 1. The minimum atomic E-state index is -0.689. The van der Waals surface area contributed by atoms with Crippen LogP contribution in [-0.2, 0) is 6.42 Å². The number of ether oxygens (including phenoxy) is 1. The van der Waals surface area contributed by atoms with E-state index in [1.54, 1.807) is 24.5 Å². The largest absolute Gasteiger partial charge is 0.491 e. The molecule has 5 aromatic rings. The summed E-state index contributed by atoms with van der Waals surface area (Å²) in [5, 5.41) is 5.20. The van der Waals surface area contributed by atoms with Crippen LogP contribution in [0.3, 0.4) is 0 Å². The number of anilines is 2. The summed E-state index contributed by atoms with van der Waals surface area (Å²) in [6.07, 6.45) is 4.85. The van der Waals surface area contributed by atoms with Crippen molar-refractivity contribution in [2.24, 2.45) is 0 Å². The summed E-state index contributed by atoms with van der Waals surface area (Å²) in [6, 6.07) is 16.1. The average Bonchev–Trinajstić information content (AvgIpc) is 3.43. The zero-order valence-corrected chi connectivity index (χ0v) is 22.1. The highest BCUT2D eigenvalue weighted by molar-refractivity contribution is 5.93. The van der Waals surface area contributed by atoms with Gasteiger partial charge in [-0.1, -0.05) is 30.7 Å². The lowest BCUT2D eigenvalue weighted by molar-refractivity contribution is 0.112. The van der Waals surface area contributed by atoms with Gasteiger partial charge in [-0.2, -0.15) is 0 Å². The molecule has 1 unspecified atom stereocenters. The molecule has 39 heavy (non-hydrogen) atoms. The Morgan fingerprint density at radius 1 is 1.10 bits per heavy atom. The lowest BCUT2D eigenvalue weighted by atomic mass is 9.99. The Balaban J connectivity index is 1.65. The number of nitrogens with one attached hydrogen (secondary N) is 2. The van der Waals surface area contributed by atoms with E-state index >= 15 is 4.39 Å². The lowest BCUT2D eigenvalue weighted by Crippen LogP contribution is -2.17. The molecule has 2 heterocycles. The van der Waals surface area contributed by atoms with Gasteiger partial charge in [-0.3, -0.25) is 4.79 Å². The molecule has 0 saturated heterocycles. The Labute approximate surface area is 226 Å². The van der Waals surface area contributed by atoms with E-state index in [9.17, 15) is 4.79 Å². The summed E-state index contributed by atoms with van der Waals surface area (Å²) in [5.74, 6) is 0.679. The van der Waals surface area contributed by atoms with Crippen LogP contribution in [0.2, 0.25) is 0 Å². The molecule has 1 atom stereocenters. The molecular weight excluding hydrogens is 493 g/mol. The van der Waals surface area contributed by atoms with Crippen molar-refractivity contribution in [2.45, 2.75) is 33.2 Å². The molecular formula is C31H30FN5O2. The van der Waals surface area contributed by atoms with Crippen molar-refractivity contribution in [1.82, 2.24) is 15.0 Å². The van der Waals surface area contributed by atoms with Crippen LogP contribution < -0.4 is 15.8 Å². The van der Waals surface area contributed by atoms with Crippen molar-refractivity contribution in [3.05, 3.63) is 101 Å². The minimum Gasteiger partial charge on any atom is -0.491 e. The molecule has 0 saturated carbocycles. The smallest absolute Gasteiger partial charge is 0.170 e. The van der Waals surface area contributed by atoms with Crippen LogP contribution in [0, 0.1) is 12.7 Å². The van der Waals surface area contributed by atoms with Crippen LogP contribution in [0.25, 0.3) is 22.0 Å². The van der Waals surface area contributed by atoms with Crippen molar-refractivity contribution < 1.29 is 13.9 Å². The molecule has 2 aromatic heterocycles. The molecule has 198 valence electrons. The highest BCUT2D eigenvalue weighted by atomic mass is 19.1. The van der Waals surface area contributed by atoms with Crippen LogP contribution in [0.5, 0.6) is 5.75 Å². The third-order valence-corrected chi connectivity index (χ3v) is 6.75. The highest BCUT2D eigenvalue weighted by Gasteiger charge is 2.25. The molecule has 0 spiro atoms. The minimum absolute atomic E-state index is 0.199. The second-order valence-electron chi connectivity index (χ2n) is 9.38. The van der Waals surface area contributed by atoms with Gasteiger partial charge in [-0.25, -0.2) is 14.4 Å². The van der Waals surface area contributed by atoms with Gasteiger partial charge in [-0.05, 0) is 67.6 Å². The van der Waals surface area contributed by atoms with Gasteiger partial charge in [0.1, 0.15) is 17.7 Å². The van der Waals surface area contributed by atoms with E-state index in [2.05, 4.69) is 20.3 Å². The van der Waals surface area contributed by atoms with Crippen molar-refractivity contribution in [3.8, 4) is 17.0 Å². The number of aldehydes is 1. The van der Waals surface area contributed by atoms with Crippen LogP contribution in [0.15, 0.2) is 67.0 Å². The summed E-state index contributed by atoms with van der Waals surface area (Å²) >= 11 is 0.